The van der Waals surface area contributed by atoms with E-state index in [4.69, 9.17) is 0 Å². The summed E-state index contributed by atoms with van der Waals surface area (Å²) in [5.41, 5.74) is 0. The smallest absolute Gasteiger partial charge is 0.251 e. The third-order valence-corrected chi connectivity index (χ3v) is 2.70. The van der Waals surface area contributed by atoms with E-state index in [1.807, 2.05) is 20.9 Å². The molecule has 0 aliphatic carbocycles. The van der Waals surface area contributed by atoms with Crippen LogP contribution in [-0.4, -0.2) is 60.1 Å². The van der Waals surface area contributed by atoms with Gasteiger partial charge in [-0.3, -0.25) is 4.79 Å². The molecule has 0 aromatic carbocycles. The summed E-state index contributed by atoms with van der Waals surface area (Å²) in [6.07, 6.45) is -0.835. The lowest BCUT2D eigenvalue weighted by atomic mass is 10.1. The van der Waals surface area contributed by atoms with Crippen LogP contribution in [-0.2, 0) is 4.79 Å². The van der Waals surface area contributed by atoms with Gasteiger partial charge >= 0.3 is 0 Å². The second kappa shape index (κ2) is 4.75. The Balaban J connectivity index is 2.45. The van der Waals surface area contributed by atoms with Crippen LogP contribution >= 0.6 is 0 Å². The van der Waals surface area contributed by atoms with Crippen LogP contribution in [0.15, 0.2) is 0 Å². The number of amides is 1. The highest BCUT2D eigenvalue weighted by atomic mass is 16.3. The quantitative estimate of drug-likeness (QED) is 0.670. The fourth-order valence-electron chi connectivity index (χ4n) is 1.50. The Hall–Kier alpha value is -0.610. The normalized spacial score (nSPS) is 21.4. The summed E-state index contributed by atoms with van der Waals surface area (Å²) in [6.45, 7) is 6.99. The molecule has 1 heterocycles. The van der Waals surface area contributed by atoms with Crippen LogP contribution in [0.5, 0.6) is 0 Å². The lowest BCUT2D eigenvalue weighted by Gasteiger charge is -2.34. The first-order valence-electron chi connectivity index (χ1n) is 5.17. The highest BCUT2D eigenvalue weighted by Crippen LogP contribution is 2.08. The van der Waals surface area contributed by atoms with Gasteiger partial charge in [-0.15, -0.1) is 0 Å². The van der Waals surface area contributed by atoms with Gasteiger partial charge in [-0.1, -0.05) is 13.8 Å². The van der Waals surface area contributed by atoms with Gasteiger partial charge < -0.3 is 14.9 Å². The van der Waals surface area contributed by atoms with Crippen LogP contribution in [0, 0.1) is 5.92 Å². The van der Waals surface area contributed by atoms with Crippen LogP contribution in [0.3, 0.4) is 0 Å². The molecular formula is C10H20N2O2. The summed E-state index contributed by atoms with van der Waals surface area (Å²) in [5, 5.41) is 9.61. The van der Waals surface area contributed by atoms with Crippen molar-refractivity contribution in [3.05, 3.63) is 0 Å². The predicted molar refractivity (Wildman–Crippen MR) is 54.9 cm³/mol. The molecule has 1 aliphatic rings. The van der Waals surface area contributed by atoms with Gasteiger partial charge in [-0.25, -0.2) is 0 Å². The van der Waals surface area contributed by atoms with Gasteiger partial charge in [0.1, 0.15) is 6.10 Å². The van der Waals surface area contributed by atoms with Gasteiger partial charge in [-0.2, -0.15) is 0 Å². The molecule has 0 aromatic rings. The molecule has 1 atom stereocenters. The zero-order chi connectivity index (χ0) is 10.7. The Morgan fingerprint density at radius 2 is 1.71 bits per heavy atom. The Morgan fingerprint density at radius 3 is 2.14 bits per heavy atom. The molecule has 0 saturated carbocycles. The number of aliphatic hydroxyl groups is 1. The minimum atomic E-state index is -0.835. The Labute approximate surface area is 85.5 Å². The molecule has 4 nitrogen and oxygen atoms in total. The van der Waals surface area contributed by atoms with Gasteiger partial charge in [0, 0.05) is 26.2 Å². The molecule has 0 spiro atoms. The summed E-state index contributed by atoms with van der Waals surface area (Å²) < 4.78 is 0. The summed E-state index contributed by atoms with van der Waals surface area (Å²) in [5.74, 6) is -0.116. The second-order valence-corrected chi connectivity index (χ2v) is 4.32. The zero-order valence-corrected chi connectivity index (χ0v) is 9.23. The number of likely N-dealkylation sites (N-methyl/N-ethyl adjacent to an activating group) is 1. The molecule has 0 bridgehead atoms. The van der Waals surface area contributed by atoms with Crippen molar-refractivity contribution < 1.29 is 9.90 Å². The van der Waals surface area contributed by atoms with E-state index in [1.54, 1.807) is 4.90 Å². The highest BCUT2D eigenvalue weighted by Gasteiger charge is 2.26. The minimum absolute atomic E-state index is 0.00200. The van der Waals surface area contributed by atoms with Crippen molar-refractivity contribution >= 4 is 5.91 Å². The van der Waals surface area contributed by atoms with Crippen molar-refractivity contribution in [3.8, 4) is 0 Å². The number of carbonyl (C=O) groups is 1. The van der Waals surface area contributed by atoms with E-state index in [2.05, 4.69) is 4.90 Å². The summed E-state index contributed by atoms with van der Waals surface area (Å²) in [4.78, 5) is 15.6. The Bertz CT molecular complexity index is 198. The van der Waals surface area contributed by atoms with Crippen molar-refractivity contribution in [2.75, 3.05) is 33.2 Å². The molecule has 1 unspecified atom stereocenters. The number of piperazine rings is 1. The van der Waals surface area contributed by atoms with Crippen LogP contribution in [0.4, 0.5) is 0 Å². The van der Waals surface area contributed by atoms with Crippen LogP contribution < -0.4 is 0 Å². The number of nitrogens with zero attached hydrogens (tertiary/aromatic N) is 2. The molecule has 14 heavy (non-hydrogen) atoms. The fourth-order valence-corrected chi connectivity index (χ4v) is 1.50. The third kappa shape index (κ3) is 2.69. The molecule has 1 amide bonds. The van der Waals surface area contributed by atoms with E-state index in [0.717, 1.165) is 26.2 Å². The Kier molecular flexibility index (Phi) is 3.89. The molecule has 82 valence electrons. The molecule has 1 fully saturated rings. The number of hydrogen-bond acceptors (Lipinski definition) is 3. The second-order valence-electron chi connectivity index (χ2n) is 4.32. The van der Waals surface area contributed by atoms with E-state index in [1.165, 1.54) is 0 Å². The van der Waals surface area contributed by atoms with Crippen LogP contribution in [0.2, 0.25) is 0 Å². The average Bonchev–Trinajstić information content (AvgIpc) is 2.16. The highest BCUT2D eigenvalue weighted by molar-refractivity contribution is 5.81. The maximum atomic E-state index is 11.7. The topological polar surface area (TPSA) is 43.8 Å². The number of carbonyl (C=O) groups excluding carboxylic acids is 1. The molecule has 1 aliphatic heterocycles. The number of rotatable bonds is 2. The summed E-state index contributed by atoms with van der Waals surface area (Å²) in [6, 6.07) is 0. The van der Waals surface area contributed by atoms with E-state index >= 15 is 0 Å². The zero-order valence-electron chi connectivity index (χ0n) is 9.23. The minimum Gasteiger partial charge on any atom is -0.383 e. The van der Waals surface area contributed by atoms with Gasteiger partial charge in [-0.05, 0) is 13.0 Å². The molecule has 1 N–H and O–H groups in total. The van der Waals surface area contributed by atoms with E-state index in [9.17, 15) is 9.90 Å². The lowest BCUT2D eigenvalue weighted by Crippen LogP contribution is -2.51. The van der Waals surface area contributed by atoms with Crippen LogP contribution in [0.25, 0.3) is 0 Å². The first-order valence-corrected chi connectivity index (χ1v) is 5.17. The maximum Gasteiger partial charge on any atom is 0.251 e. The molecule has 4 heteroatoms. The third-order valence-electron chi connectivity index (χ3n) is 2.70. The van der Waals surface area contributed by atoms with Crippen LogP contribution in [0.1, 0.15) is 13.8 Å². The standard InChI is InChI=1S/C10H20N2O2/c1-8(2)9(13)10(14)12-6-4-11(3)5-7-12/h8-9,13H,4-7H2,1-3H3. The van der Waals surface area contributed by atoms with E-state index in [0.29, 0.717) is 0 Å². The molecular weight excluding hydrogens is 180 g/mol. The summed E-state index contributed by atoms with van der Waals surface area (Å²) >= 11 is 0. The average molecular weight is 200 g/mol. The fraction of sp³-hybridized carbons (Fsp3) is 0.900. The first-order chi connectivity index (χ1) is 6.52. The van der Waals surface area contributed by atoms with Crippen molar-refractivity contribution in [2.45, 2.75) is 20.0 Å². The van der Waals surface area contributed by atoms with Gasteiger partial charge in [0.2, 0.25) is 0 Å². The lowest BCUT2D eigenvalue weighted by molar-refractivity contribution is -0.143. The first kappa shape index (κ1) is 11.5. The van der Waals surface area contributed by atoms with E-state index in [-0.39, 0.29) is 11.8 Å². The number of aliphatic hydroxyl groups excluding tert-OH is 1. The van der Waals surface area contributed by atoms with E-state index < -0.39 is 6.10 Å². The SMILES string of the molecule is CC(C)C(O)C(=O)N1CCN(C)CC1. The van der Waals surface area contributed by atoms with Gasteiger partial charge in [0.15, 0.2) is 0 Å². The van der Waals surface area contributed by atoms with Crippen molar-refractivity contribution in [3.63, 3.8) is 0 Å². The van der Waals surface area contributed by atoms with Gasteiger partial charge in [0.05, 0.1) is 0 Å². The molecule has 1 saturated heterocycles. The van der Waals surface area contributed by atoms with Gasteiger partial charge in [0.25, 0.3) is 5.91 Å². The maximum absolute atomic E-state index is 11.7. The predicted octanol–water partition coefficient (Wildman–Crippen LogP) is -0.223. The van der Waals surface area contributed by atoms with Crippen molar-refractivity contribution in [1.82, 2.24) is 9.80 Å². The molecule has 0 aromatic heterocycles. The molecule has 1 rings (SSSR count). The van der Waals surface area contributed by atoms with Crippen molar-refractivity contribution in [2.24, 2.45) is 5.92 Å². The van der Waals surface area contributed by atoms with Crippen molar-refractivity contribution in [1.29, 1.82) is 0 Å². The largest absolute Gasteiger partial charge is 0.383 e. The molecule has 0 radical (unpaired) electrons. The monoisotopic (exact) mass is 200 g/mol. The summed E-state index contributed by atoms with van der Waals surface area (Å²) in [7, 11) is 2.04. The number of hydrogen-bond donors (Lipinski definition) is 1. The Morgan fingerprint density at radius 1 is 1.21 bits per heavy atom.